The zero-order chi connectivity index (χ0) is 31.5. The molecule has 44 heavy (non-hydrogen) atoms. The average molecular weight is 643 g/mol. The molecule has 236 valence electrons. The van der Waals surface area contributed by atoms with Gasteiger partial charge in [0.05, 0.1) is 5.56 Å². The standard InChI is InChI=1S/C31H39ClN6O5S/c1-30(2)13-11-21(18-30)6-5-16-33-24-7-4-8-27(34-24)44(41,42)37-29(40)23-9-10-25(35-28(23)32)38-17-12-26(36-38)43-20-22(39)19-31(3)14-15-31/h4,7-10,12,17,21H,5-6,11,13-16,18-20H2,1-3H3,(H,33,34)(H,37,40)/t21-/m1/s1. The molecule has 0 radical (unpaired) electrons. The Kier molecular flexibility index (Phi) is 9.31. The highest BCUT2D eigenvalue weighted by molar-refractivity contribution is 7.90. The minimum atomic E-state index is -4.28. The number of carbonyl (C=O) groups excluding carboxylic acids is 2. The first kappa shape index (κ1) is 31.9. The van der Waals surface area contributed by atoms with Gasteiger partial charge >= 0.3 is 0 Å². The van der Waals surface area contributed by atoms with E-state index in [0.29, 0.717) is 24.2 Å². The molecule has 3 heterocycles. The largest absolute Gasteiger partial charge is 0.469 e. The molecule has 2 N–H and O–H groups in total. The van der Waals surface area contributed by atoms with Gasteiger partial charge in [0.1, 0.15) is 17.6 Å². The van der Waals surface area contributed by atoms with Gasteiger partial charge in [0.25, 0.3) is 15.9 Å². The monoisotopic (exact) mass is 642 g/mol. The molecule has 1 atom stereocenters. The normalized spacial score (nSPS) is 18.5. The fraction of sp³-hybridized carbons (Fsp3) is 0.516. The third-order valence-corrected chi connectivity index (χ3v) is 9.90. The van der Waals surface area contributed by atoms with Crippen LogP contribution in [0.3, 0.4) is 0 Å². The Morgan fingerprint density at radius 1 is 1.09 bits per heavy atom. The maximum atomic E-state index is 13.0. The van der Waals surface area contributed by atoms with Crippen molar-refractivity contribution in [2.75, 3.05) is 18.5 Å². The van der Waals surface area contributed by atoms with Gasteiger partial charge in [-0.1, -0.05) is 38.4 Å². The lowest BCUT2D eigenvalue weighted by molar-refractivity contribution is -0.122. The van der Waals surface area contributed by atoms with E-state index in [1.807, 2.05) is 4.72 Å². The smallest absolute Gasteiger partial charge is 0.281 e. The van der Waals surface area contributed by atoms with Crippen LogP contribution < -0.4 is 14.8 Å². The third-order valence-electron chi connectivity index (χ3n) is 8.38. The quantitative estimate of drug-likeness (QED) is 0.170. The fourth-order valence-corrected chi connectivity index (χ4v) is 6.80. The van der Waals surface area contributed by atoms with Gasteiger partial charge in [-0.05, 0) is 86.0 Å². The molecule has 0 spiro atoms. The molecule has 3 aromatic heterocycles. The second-order valence-electron chi connectivity index (χ2n) is 13.1. The number of aromatic nitrogens is 4. The van der Waals surface area contributed by atoms with E-state index >= 15 is 0 Å². The van der Waals surface area contributed by atoms with Gasteiger partial charge in [-0.25, -0.2) is 19.4 Å². The lowest BCUT2D eigenvalue weighted by Crippen LogP contribution is -2.31. The van der Waals surface area contributed by atoms with Gasteiger partial charge < -0.3 is 10.1 Å². The lowest BCUT2D eigenvalue weighted by Gasteiger charge is -2.17. The second-order valence-corrected chi connectivity index (χ2v) is 15.0. The molecule has 3 aromatic rings. The number of nitrogens with one attached hydrogen (secondary N) is 2. The van der Waals surface area contributed by atoms with Crippen LogP contribution in [0.2, 0.25) is 5.15 Å². The van der Waals surface area contributed by atoms with Crippen LogP contribution in [-0.2, 0) is 14.8 Å². The fourth-order valence-electron chi connectivity index (χ4n) is 5.63. The Bertz CT molecular complexity index is 1640. The highest BCUT2D eigenvalue weighted by atomic mass is 35.5. The molecule has 2 fully saturated rings. The number of sulfonamides is 1. The van der Waals surface area contributed by atoms with Crippen LogP contribution in [-0.4, -0.2) is 53.0 Å². The zero-order valence-electron chi connectivity index (χ0n) is 25.3. The van der Waals surface area contributed by atoms with E-state index in [1.54, 1.807) is 24.4 Å². The highest BCUT2D eigenvalue weighted by Gasteiger charge is 2.39. The van der Waals surface area contributed by atoms with Crippen LogP contribution in [0.4, 0.5) is 5.82 Å². The molecule has 1 amide bonds. The van der Waals surface area contributed by atoms with Crippen molar-refractivity contribution in [1.29, 1.82) is 0 Å². The van der Waals surface area contributed by atoms with Crippen LogP contribution >= 0.6 is 11.6 Å². The van der Waals surface area contributed by atoms with E-state index < -0.39 is 15.9 Å². The van der Waals surface area contributed by atoms with Crippen molar-refractivity contribution in [3.05, 3.63) is 53.3 Å². The summed E-state index contributed by atoms with van der Waals surface area (Å²) in [4.78, 5) is 33.4. The van der Waals surface area contributed by atoms with E-state index in [4.69, 9.17) is 16.3 Å². The number of nitrogens with zero attached hydrogens (tertiary/aromatic N) is 4. The van der Waals surface area contributed by atoms with Gasteiger partial charge in [-0.3, -0.25) is 9.59 Å². The molecule has 13 heteroatoms. The number of amides is 1. The summed E-state index contributed by atoms with van der Waals surface area (Å²) in [6.07, 6.45) is 10.0. The number of anilines is 1. The highest BCUT2D eigenvalue weighted by Crippen LogP contribution is 2.48. The number of ether oxygens (including phenoxy) is 1. The summed E-state index contributed by atoms with van der Waals surface area (Å²) in [6.45, 7) is 7.32. The van der Waals surface area contributed by atoms with Crippen LogP contribution in [0.1, 0.15) is 82.5 Å². The molecular weight excluding hydrogens is 604 g/mol. The van der Waals surface area contributed by atoms with Gasteiger partial charge in [0.15, 0.2) is 16.6 Å². The van der Waals surface area contributed by atoms with Gasteiger partial charge in [-0.2, -0.15) is 8.42 Å². The molecule has 2 aliphatic rings. The molecule has 0 unspecified atom stereocenters. The SMILES string of the molecule is CC1(C)CC[C@@H](CCCNc2cccc(S(=O)(=O)NC(=O)c3ccc(-n4ccc(OCC(=O)CC5(C)CC5)n4)nc3Cl)n2)C1. The predicted molar refractivity (Wildman–Crippen MR) is 167 cm³/mol. The van der Waals surface area contributed by atoms with Gasteiger partial charge in [-0.15, -0.1) is 5.10 Å². The molecule has 2 saturated carbocycles. The summed E-state index contributed by atoms with van der Waals surface area (Å²) >= 11 is 6.28. The van der Waals surface area contributed by atoms with E-state index in [1.165, 1.54) is 42.1 Å². The number of rotatable bonds is 14. The van der Waals surface area contributed by atoms with Gasteiger partial charge in [0.2, 0.25) is 5.88 Å². The van der Waals surface area contributed by atoms with Crippen LogP contribution in [0.15, 0.2) is 47.6 Å². The van der Waals surface area contributed by atoms with Crippen molar-refractivity contribution in [3.8, 4) is 11.7 Å². The average Bonchev–Trinajstić information content (AvgIpc) is 3.34. The van der Waals surface area contributed by atoms with Crippen molar-refractivity contribution in [1.82, 2.24) is 24.5 Å². The Labute approximate surface area is 263 Å². The first-order valence-corrected chi connectivity index (χ1v) is 16.8. The Balaban J connectivity index is 1.14. The van der Waals surface area contributed by atoms with E-state index in [-0.39, 0.29) is 45.2 Å². The van der Waals surface area contributed by atoms with E-state index in [0.717, 1.165) is 31.6 Å². The Morgan fingerprint density at radius 2 is 1.89 bits per heavy atom. The molecule has 0 aromatic carbocycles. The summed E-state index contributed by atoms with van der Waals surface area (Å²) in [5.41, 5.74) is 0.397. The molecule has 0 bridgehead atoms. The molecule has 5 rings (SSSR count). The minimum Gasteiger partial charge on any atom is -0.469 e. The predicted octanol–water partition coefficient (Wildman–Crippen LogP) is 5.59. The van der Waals surface area contributed by atoms with E-state index in [2.05, 4.69) is 41.2 Å². The summed E-state index contributed by atoms with van der Waals surface area (Å²) in [6, 6.07) is 9.00. The topological polar surface area (TPSA) is 145 Å². The van der Waals surface area contributed by atoms with Crippen molar-refractivity contribution >= 4 is 39.1 Å². The maximum Gasteiger partial charge on any atom is 0.281 e. The van der Waals surface area contributed by atoms with E-state index in [9.17, 15) is 18.0 Å². The van der Waals surface area contributed by atoms with Crippen LogP contribution in [0.5, 0.6) is 5.88 Å². The van der Waals surface area contributed by atoms with Crippen LogP contribution in [0, 0.1) is 16.7 Å². The third kappa shape index (κ3) is 8.35. The second kappa shape index (κ2) is 12.8. The molecular formula is C31H39ClN6O5S. The molecule has 0 aliphatic heterocycles. The summed E-state index contributed by atoms with van der Waals surface area (Å²) < 4.78 is 34.9. The number of carbonyl (C=O) groups is 2. The summed E-state index contributed by atoms with van der Waals surface area (Å²) in [5.74, 6) is 0.736. The Morgan fingerprint density at radius 3 is 2.59 bits per heavy atom. The lowest BCUT2D eigenvalue weighted by atomic mass is 9.89. The van der Waals surface area contributed by atoms with Crippen molar-refractivity contribution in [3.63, 3.8) is 0 Å². The number of ketones is 1. The number of pyridine rings is 2. The minimum absolute atomic E-state index is 0.0167. The first-order valence-electron chi connectivity index (χ1n) is 15.0. The molecule has 0 saturated heterocycles. The summed E-state index contributed by atoms with van der Waals surface area (Å²) in [7, 11) is -4.28. The van der Waals surface area contributed by atoms with Crippen molar-refractivity contribution in [2.24, 2.45) is 16.7 Å². The first-order chi connectivity index (χ1) is 20.8. The van der Waals surface area contributed by atoms with Crippen LogP contribution in [0.25, 0.3) is 5.82 Å². The number of hydrogen-bond acceptors (Lipinski definition) is 9. The Hall–Kier alpha value is -3.51. The van der Waals surface area contributed by atoms with Gasteiger partial charge in [0, 0.05) is 25.2 Å². The summed E-state index contributed by atoms with van der Waals surface area (Å²) in [5, 5.41) is 6.94. The number of halogens is 1. The zero-order valence-corrected chi connectivity index (χ0v) is 26.9. The molecule has 11 nitrogen and oxygen atoms in total. The van der Waals surface area contributed by atoms with Crippen molar-refractivity contribution in [2.45, 2.75) is 77.2 Å². The maximum absolute atomic E-state index is 13.0. The number of Topliss-reactive ketones (excluding diaryl/α,β-unsaturated/α-hetero) is 1. The molecule has 2 aliphatic carbocycles. The van der Waals surface area contributed by atoms with Crippen molar-refractivity contribution < 1.29 is 22.7 Å². The number of hydrogen-bond donors (Lipinski definition) is 2.